The summed E-state index contributed by atoms with van der Waals surface area (Å²) in [7, 11) is 0. The Kier molecular flexibility index (Phi) is 7.09. The van der Waals surface area contributed by atoms with Crippen LogP contribution in [0.3, 0.4) is 0 Å². The fourth-order valence-corrected chi connectivity index (χ4v) is 7.16. The fourth-order valence-electron chi connectivity index (χ4n) is 5.99. The van der Waals surface area contributed by atoms with Crippen LogP contribution in [0, 0.1) is 0 Å². The van der Waals surface area contributed by atoms with Crippen LogP contribution in [0.4, 0.5) is 5.88 Å². The number of morpholine rings is 2. The van der Waals surface area contributed by atoms with E-state index in [1.807, 2.05) is 12.1 Å². The van der Waals surface area contributed by atoms with Crippen molar-refractivity contribution in [2.75, 3.05) is 70.7 Å². The van der Waals surface area contributed by atoms with Gasteiger partial charge in [-0.05, 0) is 42.7 Å². The maximum atomic E-state index is 12.6. The van der Waals surface area contributed by atoms with Crippen LogP contribution in [-0.2, 0) is 20.6 Å². The van der Waals surface area contributed by atoms with Crippen LogP contribution in [0.15, 0.2) is 67.5 Å². The Bertz CT molecular complexity index is 1450. The smallest absolute Gasteiger partial charge is 0.200 e. The third-order valence-corrected chi connectivity index (χ3v) is 9.47. The van der Waals surface area contributed by atoms with Crippen molar-refractivity contribution in [1.29, 1.82) is 0 Å². The summed E-state index contributed by atoms with van der Waals surface area (Å²) in [4.78, 5) is 19.5. The van der Waals surface area contributed by atoms with E-state index < -0.39 is 0 Å². The highest BCUT2D eigenvalue weighted by Crippen LogP contribution is 2.45. The number of rotatable bonds is 6. The summed E-state index contributed by atoms with van der Waals surface area (Å²) in [5, 5.41) is 0. The molecule has 1 aromatic heterocycles. The molecular formula is C31H34N2O6S. The van der Waals surface area contributed by atoms with Crippen LogP contribution >= 0.6 is 11.8 Å². The minimum atomic E-state index is -0.0506. The lowest BCUT2D eigenvalue weighted by atomic mass is 9.94. The summed E-state index contributed by atoms with van der Waals surface area (Å²) < 4.78 is 29.4. The maximum Gasteiger partial charge on any atom is 0.200 e. The predicted molar refractivity (Wildman–Crippen MR) is 153 cm³/mol. The van der Waals surface area contributed by atoms with E-state index >= 15 is 0 Å². The first-order chi connectivity index (χ1) is 19.6. The standard InChI is InChI=1S/C31H34N2O6S/c1-21(17-33-9-12-36-18-31(33)19-37-20-31)38-25-5-6-28-23(14-25)13-22-3-2-4-26(30(22)40-28)27-15-24(34)16-29(39-27)32-7-10-35-11-8-32/h2-6,14-16,21H,7-13,17-20H2,1H3/t21-/m0/s1. The van der Waals surface area contributed by atoms with Gasteiger partial charge in [0.25, 0.3) is 0 Å². The highest BCUT2D eigenvalue weighted by molar-refractivity contribution is 7.99. The number of nitrogens with zero attached hydrogens (tertiary/aromatic N) is 2. The Hall–Kier alpha value is -2.82. The highest BCUT2D eigenvalue weighted by Gasteiger charge is 2.46. The molecule has 3 saturated heterocycles. The van der Waals surface area contributed by atoms with Gasteiger partial charge in [0.05, 0.1) is 45.2 Å². The first kappa shape index (κ1) is 26.1. The van der Waals surface area contributed by atoms with E-state index in [0.717, 1.165) is 62.1 Å². The summed E-state index contributed by atoms with van der Waals surface area (Å²) in [6.45, 7) is 9.55. The van der Waals surface area contributed by atoms with E-state index in [1.165, 1.54) is 16.0 Å². The molecule has 4 aliphatic rings. The van der Waals surface area contributed by atoms with Crippen molar-refractivity contribution in [1.82, 2.24) is 4.90 Å². The highest BCUT2D eigenvalue weighted by atomic mass is 32.2. The van der Waals surface area contributed by atoms with Crippen molar-refractivity contribution in [3.05, 3.63) is 69.9 Å². The van der Waals surface area contributed by atoms with E-state index in [9.17, 15) is 4.79 Å². The third-order valence-electron chi connectivity index (χ3n) is 8.17. The molecule has 40 heavy (non-hydrogen) atoms. The predicted octanol–water partition coefficient (Wildman–Crippen LogP) is 4.07. The largest absolute Gasteiger partial charge is 0.489 e. The number of ether oxygens (including phenoxy) is 4. The van der Waals surface area contributed by atoms with Gasteiger partial charge in [0, 0.05) is 53.7 Å². The quantitative estimate of drug-likeness (QED) is 0.346. The summed E-state index contributed by atoms with van der Waals surface area (Å²) in [5.74, 6) is 2.10. The van der Waals surface area contributed by atoms with Crippen molar-refractivity contribution in [2.24, 2.45) is 0 Å². The summed E-state index contributed by atoms with van der Waals surface area (Å²) >= 11 is 1.73. The molecule has 7 rings (SSSR count). The number of anilines is 1. The molecule has 0 unspecified atom stereocenters. The van der Waals surface area contributed by atoms with Crippen LogP contribution < -0.4 is 15.1 Å². The molecule has 9 heteroatoms. The van der Waals surface area contributed by atoms with Gasteiger partial charge in [-0.1, -0.05) is 30.0 Å². The van der Waals surface area contributed by atoms with Gasteiger partial charge >= 0.3 is 0 Å². The van der Waals surface area contributed by atoms with Gasteiger partial charge in [-0.2, -0.15) is 0 Å². The Morgan fingerprint density at radius 2 is 1.77 bits per heavy atom. The second-order valence-electron chi connectivity index (χ2n) is 11.1. The van der Waals surface area contributed by atoms with Crippen molar-refractivity contribution in [3.63, 3.8) is 0 Å². The summed E-state index contributed by atoms with van der Waals surface area (Å²) in [6.07, 6.45) is 0.847. The van der Waals surface area contributed by atoms with Gasteiger partial charge in [-0.3, -0.25) is 9.69 Å². The molecule has 0 aliphatic carbocycles. The lowest BCUT2D eigenvalue weighted by Crippen LogP contribution is -2.69. The molecule has 3 fully saturated rings. The lowest BCUT2D eigenvalue weighted by molar-refractivity contribution is -0.200. The summed E-state index contributed by atoms with van der Waals surface area (Å²) in [5.41, 5.74) is 3.39. The van der Waals surface area contributed by atoms with Gasteiger partial charge < -0.3 is 28.3 Å². The van der Waals surface area contributed by atoms with Gasteiger partial charge in [0.1, 0.15) is 17.6 Å². The molecule has 0 saturated carbocycles. The molecule has 0 bridgehead atoms. The van der Waals surface area contributed by atoms with Crippen molar-refractivity contribution < 1.29 is 23.4 Å². The van der Waals surface area contributed by atoms with Crippen molar-refractivity contribution in [2.45, 2.75) is 34.8 Å². The minimum Gasteiger partial charge on any atom is -0.489 e. The molecule has 0 radical (unpaired) electrons. The fraction of sp³-hybridized carbons (Fsp3) is 0.452. The second kappa shape index (κ2) is 10.9. The Morgan fingerprint density at radius 1 is 0.950 bits per heavy atom. The SMILES string of the molecule is C[C@@H](CN1CCOCC12COC2)Oc1ccc2c(c1)Cc1cccc(-c3cc(=O)cc(N4CCOCC4)o3)c1S2. The van der Waals surface area contributed by atoms with Gasteiger partial charge in [0.2, 0.25) is 0 Å². The molecule has 0 N–H and O–H groups in total. The van der Waals surface area contributed by atoms with Gasteiger partial charge in [-0.15, -0.1) is 0 Å². The van der Waals surface area contributed by atoms with Crippen molar-refractivity contribution in [3.8, 4) is 17.1 Å². The summed E-state index contributed by atoms with van der Waals surface area (Å²) in [6, 6.07) is 15.8. The van der Waals surface area contributed by atoms with Crippen molar-refractivity contribution >= 4 is 17.6 Å². The average molecular weight is 563 g/mol. The molecule has 210 valence electrons. The number of hydrogen-bond acceptors (Lipinski definition) is 9. The van der Waals surface area contributed by atoms with Crippen LogP contribution in [0.1, 0.15) is 18.1 Å². The Morgan fingerprint density at radius 3 is 2.60 bits per heavy atom. The Labute approximate surface area is 238 Å². The van der Waals surface area contributed by atoms with E-state index in [2.05, 4.69) is 41.0 Å². The molecule has 1 atom stereocenters. The monoisotopic (exact) mass is 562 g/mol. The van der Waals surface area contributed by atoms with Crippen LogP contribution in [-0.4, -0.2) is 82.4 Å². The average Bonchev–Trinajstić information content (AvgIpc) is 2.95. The van der Waals surface area contributed by atoms with Gasteiger partial charge in [-0.25, -0.2) is 0 Å². The van der Waals surface area contributed by atoms with Crippen LogP contribution in [0.5, 0.6) is 5.75 Å². The second-order valence-corrected chi connectivity index (χ2v) is 12.1. The third kappa shape index (κ3) is 5.05. The maximum absolute atomic E-state index is 12.6. The van der Waals surface area contributed by atoms with E-state index in [4.69, 9.17) is 23.4 Å². The number of hydrogen-bond donors (Lipinski definition) is 0. The molecule has 0 amide bonds. The van der Waals surface area contributed by atoms with Crippen LogP contribution in [0.25, 0.3) is 11.3 Å². The molecule has 2 aromatic carbocycles. The van der Waals surface area contributed by atoms with E-state index in [-0.39, 0.29) is 17.1 Å². The number of fused-ring (bicyclic) bond motifs is 2. The van der Waals surface area contributed by atoms with E-state index in [1.54, 1.807) is 23.9 Å². The Balaban J connectivity index is 1.09. The molecular weight excluding hydrogens is 528 g/mol. The molecule has 1 spiro atoms. The zero-order valence-electron chi connectivity index (χ0n) is 22.7. The van der Waals surface area contributed by atoms with Crippen LogP contribution in [0.2, 0.25) is 0 Å². The normalized spacial score (nSPS) is 20.9. The molecule has 8 nitrogen and oxygen atoms in total. The van der Waals surface area contributed by atoms with Gasteiger partial charge in [0.15, 0.2) is 11.3 Å². The number of benzene rings is 2. The first-order valence-electron chi connectivity index (χ1n) is 14.0. The lowest BCUT2D eigenvalue weighted by Gasteiger charge is -2.52. The van der Waals surface area contributed by atoms with E-state index in [0.29, 0.717) is 37.9 Å². The molecule has 3 aromatic rings. The minimum absolute atomic E-state index is 0.0185. The molecule has 4 aliphatic heterocycles. The first-order valence-corrected chi connectivity index (χ1v) is 14.9. The zero-order valence-corrected chi connectivity index (χ0v) is 23.5. The molecule has 5 heterocycles. The topological polar surface area (TPSA) is 73.6 Å². The zero-order chi connectivity index (χ0) is 27.1.